The first-order chi connectivity index (χ1) is 7.27. The van der Waals surface area contributed by atoms with Crippen molar-refractivity contribution in [2.45, 2.75) is 26.3 Å². The van der Waals surface area contributed by atoms with Gasteiger partial charge in [0.1, 0.15) is 5.75 Å². The van der Waals surface area contributed by atoms with Gasteiger partial charge in [0, 0.05) is 17.1 Å². The van der Waals surface area contributed by atoms with Gasteiger partial charge in [0.15, 0.2) is 0 Å². The number of ether oxygens (including phenoxy) is 1. The maximum Gasteiger partial charge on any atom is 0.123 e. The van der Waals surface area contributed by atoms with Crippen molar-refractivity contribution in [3.63, 3.8) is 0 Å². The number of nitrogens with one attached hydrogen (secondary N) is 1. The van der Waals surface area contributed by atoms with Gasteiger partial charge in [-0.05, 0) is 31.7 Å². The van der Waals surface area contributed by atoms with Crippen molar-refractivity contribution < 1.29 is 4.74 Å². The summed E-state index contributed by atoms with van der Waals surface area (Å²) < 4.78 is 5.69. The number of halogens is 1. The van der Waals surface area contributed by atoms with Gasteiger partial charge in [0.25, 0.3) is 0 Å². The van der Waals surface area contributed by atoms with Gasteiger partial charge in [0.2, 0.25) is 0 Å². The summed E-state index contributed by atoms with van der Waals surface area (Å²) in [6, 6.07) is 5.74. The fourth-order valence-corrected chi connectivity index (χ4v) is 1.54. The van der Waals surface area contributed by atoms with E-state index in [4.69, 9.17) is 16.3 Å². The van der Waals surface area contributed by atoms with Gasteiger partial charge in [-0.1, -0.05) is 24.9 Å². The van der Waals surface area contributed by atoms with Crippen LogP contribution in [0.2, 0.25) is 5.02 Å². The Bertz CT molecular complexity index is 302. The molecule has 0 aliphatic rings. The monoisotopic (exact) mass is 227 g/mol. The molecule has 0 radical (unpaired) electrons. The van der Waals surface area contributed by atoms with E-state index in [9.17, 15) is 0 Å². The Labute approximate surface area is 96.6 Å². The van der Waals surface area contributed by atoms with Crippen molar-refractivity contribution >= 4 is 11.6 Å². The summed E-state index contributed by atoms with van der Waals surface area (Å²) in [7, 11) is 1.91. The molecule has 0 unspecified atom stereocenters. The van der Waals surface area contributed by atoms with Crippen molar-refractivity contribution in [1.82, 2.24) is 5.32 Å². The van der Waals surface area contributed by atoms with Crippen LogP contribution in [0.1, 0.15) is 25.3 Å². The van der Waals surface area contributed by atoms with Gasteiger partial charge in [-0.25, -0.2) is 0 Å². The van der Waals surface area contributed by atoms with Crippen LogP contribution in [-0.4, -0.2) is 13.7 Å². The Morgan fingerprint density at radius 1 is 1.40 bits per heavy atom. The quantitative estimate of drug-likeness (QED) is 0.754. The highest BCUT2D eigenvalue weighted by Crippen LogP contribution is 2.22. The number of hydrogen-bond donors (Lipinski definition) is 1. The number of rotatable bonds is 6. The largest absolute Gasteiger partial charge is 0.493 e. The minimum absolute atomic E-state index is 0.753. The predicted octanol–water partition coefficient (Wildman–Crippen LogP) is 3.24. The summed E-state index contributed by atoms with van der Waals surface area (Å²) in [6.45, 7) is 3.70. The van der Waals surface area contributed by atoms with Crippen LogP contribution < -0.4 is 10.1 Å². The molecule has 0 atom stereocenters. The topological polar surface area (TPSA) is 21.3 Å². The molecule has 15 heavy (non-hydrogen) atoms. The molecular weight excluding hydrogens is 210 g/mol. The van der Waals surface area contributed by atoms with Crippen molar-refractivity contribution in [3.8, 4) is 5.75 Å². The second-order valence-electron chi connectivity index (χ2n) is 3.48. The molecule has 0 saturated carbocycles. The van der Waals surface area contributed by atoms with Crippen LogP contribution in [0.4, 0.5) is 0 Å². The maximum atomic E-state index is 5.93. The van der Waals surface area contributed by atoms with Crippen LogP contribution in [0.3, 0.4) is 0 Å². The smallest absolute Gasteiger partial charge is 0.123 e. The summed E-state index contributed by atoms with van der Waals surface area (Å²) in [4.78, 5) is 0. The van der Waals surface area contributed by atoms with Crippen LogP contribution in [0.15, 0.2) is 18.2 Å². The average Bonchev–Trinajstić information content (AvgIpc) is 2.22. The molecule has 1 rings (SSSR count). The van der Waals surface area contributed by atoms with E-state index in [1.165, 1.54) is 0 Å². The average molecular weight is 228 g/mol. The fourth-order valence-electron chi connectivity index (χ4n) is 1.34. The normalized spacial score (nSPS) is 10.3. The number of hydrogen-bond acceptors (Lipinski definition) is 2. The summed E-state index contributed by atoms with van der Waals surface area (Å²) in [5, 5.41) is 3.86. The summed E-state index contributed by atoms with van der Waals surface area (Å²) >= 11 is 5.93. The molecule has 0 heterocycles. The zero-order valence-electron chi connectivity index (χ0n) is 9.35. The van der Waals surface area contributed by atoms with Gasteiger partial charge in [0.05, 0.1) is 6.61 Å². The Balaban J connectivity index is 2.67. The van der Waals surface area contributed by atoms with Crippen molar-refractivity contribution in [2.24, 2.45) is 0 Å². The number of benzene rings is 1. The molecule has 0 aliphatic heterocycles. The third-order valence-corrected chi connectivity index (χ3v) is 2.38. The molecule has 84 valence electrons. The van der Waals surface area contributed by atoms with Gasteiger partial charge in [-0.2, -0.15) is 0 Å². The molecule has 0 aliphatic carbocycles. The molecule has 0 aromatic heterocycles. The lowest BCUT2D eigenvalue weighted by Crippen LogP contribution is -2.08. The van der Waals surface area contributed by atoms with Crippen LogP contribution in [-0.2, 0) is 6.54 Å². The molecule has 0 saturated heterocycles. The van der Waals surface area contributed by atoms with Crippen LogP contribution >= 0.6 is 11.6 Å². The van der Waals surface area contributed by atoms with Crippen LogP contribution in [0.5, 0.6) is 5.75 Å². The van der Waals surface area contributed by atoms with E-state index < -0.39 is 0 Å². The molecule has 0 fully saturated rings. The fraction of sp³-hybridized carbons (Fsp3) is 0.500. The predicted molar refractivity (Wildman–Crippen MR) is 64.6 cm³/mol. The summed E-state index contributed by atoms with van der Waals surface area (Å²) in [6.07, 6.45) is 2.23. The van der Waals surface area contributed by atoms with E-state index in [-0.39, 0.29) is 0 Å². The Kier molecular flexibility index (Phi) is 5.51. The van der Waals surface area contributed by atoms with Gasteiger partial charge in [-0.3, -0.25) is 0 Å². The van der Waals surface area contributed by atoms with E-state index in [0.717, 1.165) is 42.3 Å². The van der Waals surface area contributed by atoms with E-state index in [1.807, 2.05) is 25.2 Å². The second-order valence-corrected chi connectivity index (χ2v) is 3.92. The van der Waals surface area contributed by atoms with E-state index in [0.29, 0.717) is 0 Å². The first-order valence-electron chi connectivity index (χ1n) is 5.33. The Morgan fingerprint density at radius 3 is 2.87 bits per heavy atom. The van der Waals surface area contributed by atoms with Crippen molar-refractivity contribution in [1.29, 1.82) is 0 Å². The molecule has 2 nitrogen and oxygen atoms in total. The molecular formula is C12H18ClNO. The highest BCUT2D eigenvalue weighted by atomic mass is 35.5. The summed E-state index contributed by atoms with van der Waals surface area (Å²) in [5.41, 5.74) is 1.11. The standard InChI is InChI=1S/C12H18ClNO/c1-3-4-7-15-12-6-5-11(13)8-10(12)9-14-2/h5-6,8,14H,3-4,7,9H2,1-2H3. The van der Waals surface area contributed by atoms with E-state index >= 15 is 0 Å². The van der Waals surface area contributed by atoms with Gasteiger partial charge >= 0.3 is 0 Å². The molecule has 1 N–H and O–H groups in total. The zero-order chi connectivity index (χ0) is 11.1. The first-order valence-corrected chi connectivity index (χ1v) is 5.71. The minimum atomic E-state index is 0.753. The van der Waals surface area contributed by atoms with E-state index in [2.05, 4.69) is 12.2 Å². The zero-order valence-corrected chi connectivity index (χ0v) is 10.1. The Morgan fingerprint density at radius 2 is 2.20 bits per heavy atom. The van der Waals surface area contributed by atoms with Gasteiger partial charge in [-0.15, -0.1) is 0 Å². The van der Waals surface area contributed by atoms with Crippen molar-refractivity contribution in [3.05, 3.63) is 28.8 Å². The summed E-state index contributed by atoms with van der Waals surface area (Å²) in [5.74, 6) is 0.933. The molecule has 0 amide bonds. The highest BCUT2D eigenvalue weighted by Gasteiger charge is 2.03. The van der Waals surface area contributed by atoms with Gasteiger partial charge < -0.3 is 10.1 Å². The Hall–Kier alpha value is -0.730. The lowest BCUT2D eigenvalue weighted by molar-refractivity contribution is 0.306. The number of unbranched alkanes of at least 4 members (excludes halogenated alkanes) is 1. The first kappa shape index (κ1) is 12.3. The second kappa shape index (κ2) is 6.70. The SMILES string of the molecule is CCCCOc1ccc(Cl)cc1CNC. The molecule has 0 spiro atoms. The molecule has 0 bridgehead atoms. The molecule has 1 aromatic rings. The minimum Gasteiger partial charge on any atom is -0.493 e. The van der Waals surface area contributed by atoms with Crippen LogP contribution in [0.25, 0.3) is 0 Å². The maximum absolute atomic E-state index is 5.93. The lowest BCUT2D eigenvalue weighted by atomic mass is 10.2. The third kappa shape index (κ3) is 4.10. The molecule has 1 aromatic carbocycles. The highest BCUT2D eigenvalue weighted by molar-refractivity contribution is 6.30. The third-order valence-electron chi connectivity index (χ3n) is 2.15. The van der Waals surface area contributed by atoms with Crippen molar-refractivity contribution in [2.75, 3.05) is 13.7 Å². The van der Waals surface area contributed by atoms with E-state index in [1.54, 1.807) is 0 Å². The lowest BCUT2D eigenvalue weighted by Gasteiger charge is -2.11. The molecule has 3 heteroatoms. The van der Waals surface area contributed by atoms with Crippen LogP contribution in [0, 0.1) is 0 Å².